The second-order valence-corrected chi connectivity index (χ2v) is 8.68. The van der Waals surface area contributed by atoms with Gasteiger partial charge in [-0.1, -0.05) is 0 Å². The Bertz CT molecular complexity index is 1240. The minimum absolute atomic E-state index is 0.0648. The fourth-order valence-corrected chi connectivity index (χ4v) is 3.87. The van der Waals surface area contributed by atoms with Crippen LogP contribution in [0.25, 0.3) is 10.9 Å². The van der Waals surface area contributed by atoms with Crippen LogP contribution in [-0.4, -0.2) is 67.9 Å². The number of fused-ring (bicyclic) bond motifs is 1. The molecule has 2 aromatic heterocycles. The van der Waals surface area contributed by atoms with Gasteiger partial charge in [0.15, 0.2) is 0 Å². The first-order valence-corrected chi connectivity index (χ1v) is 11.2. The molecule has 35 heavy (non-hydrogen) atoms. The first kappa shape index (κ1) is 24.0. The van der Waals surface area contributed by atoms with Gasteiger partial charge in [-0.05, 0) is 50.1 Å². The first-order valence-electron chi connectivity index (χ1n) is 11.2. The van der Waals surface area contributed by atoms with E-state index in [1.165, 1.54) is 12.4 Å². The number of piperidine rings is 1. The van der Waals surface area contributed by atoms with Crippen molar-refractivity contribution in [2.45, 2.75) is 31.8 Å². The zero-order chi connectivity index (χ0) is 25.0. The predicted octanol–water partition coefficient (Wildman–Crippen LogP) is 3.24. The average Bonchev–Trinajstić information content (AvgIpc) is 3.23. The lowest BCUT2D eigenvalue weighted by Gasteiger charge is -2.35. The maximum atomic E-state index is 12.3. The Morgan fingerprint density at radius 3 is 2.60 bits per heavy atom. The molecule has 184 valence electrons. The number of hydrogen-bond acceptors (Lipinski definition) is 6. The van der Waals surface area contributed by atoms with E-state index in [9.17, 15) is 24.6 Å². The number of carboxylic acid groups (broad SMARTS) is 1. The van der Waals surface area contributed by atoms with Crippen molar-refractivity contribution in [2.75, 3.05) is 25.0 Å². The van der Waals surface area contributed by atoms with Crippen LogP contribution in [0.2, 0.25) is 0 Å². The number of likely N-dealkylation sites (tertiary alicyclic amines) is 1. The number of anilines is 1. The molecule has 1 aliphatic rings. The number of amides is 3. The van der Waals surface area contributed by atoms with E-state index in [0.29, 0.717) is 48.3 Å². The maximum Gasteiger partial charge on any atom is 0.415 e. The molecule has 0 saturated carbocycles. The van der Waals surface area contributed by atoms with Crippen LogP contribution in [0.4, 0.5) is 15.4 Å². The number of carbonyl (C=O) groups excluding carboxylic acids is 2. The zero-order valence-corrected chi connectivity index (χ0v) is 19.2. The monoisotopic (exact) mass is 481 g/mol. The van der Waals surface area contributed by atoms with Gasteiger partial charge in [-0.15, -0.1) is 0 Å². The zero-order valence-electron chi connectivity index (χ0n) is 19.2. The molecule has 3 aromatic rings. The second-order valence-electron chi connectivity index (χ2n) is 8.68. The highest BCUT2D eigenvalue weighted by molar-refractivity contribution is 5.90. The lowest BCUT2D eigenvalue weighted by Crippen LogP contribution is -2.45. The third-order valence-electron chi connectivity index (χ3n) is 5.89. The summed E-state index contributed by atoms with van der Waals surface area (Å²) in [6.07, 6.45) is 3.13. The lowest BCUT2D eigenvalue weighted by molar-refractivity contribution is -0.134. The lowest BCUT2D eigenvalue weighted by atomic mass is 9.94. The SMILES string of the molecule is CC1(O)CCN(C(=O)CCNC(=O)Nc2cc(Oc3ccc4c(ccn4C(=O)O)c3)ccn2)CC1. The Morgan fingerprint density at radius 1 is 1.11 bits per heavy atom. The molecule has 11 nitrogen and oxygen atoms in total. The molecule has 0 unspecified atom stereocenters. The highest BCUT2D eigenvalue weighted by Gasteiger charge is 2.29. The summed E-state index contributed by atoms with van der Waals surface area (Å²) >= 11 is 0. The number of rotatable bonds is 6. The summed E-state index contributed by atoms with van der Waals surface area (Å²) in [7, 11) is 0. The molecule has 0 bridgehead atoms. The van der Waals surface area contributed by atoms with Crippen LogP contribution < -0.4 is 15.4 Å². The van der Waals surface area contributed by atoms with E-state index in [-0.39, 0.29) is 24.7 Å². The number of aromatic nitrogens is 2. The van der Waals surface area contributed by atoms with Crippen LogP contribution in [-0.2, 0) is 4.79 Å². The smallest absolute Gasteiger partial charge is 0.415 e. The van der Waals surface area contributed by atoms with Gasteiger partial charge in [0.25, 0.3) is 0 Å². The van der Waals surface area contributed by atoms with Gasteiger partial charge in [0.1, 0.15) is 17.3 Å². The number of ether oxygens (including phenoxy) is 1. The Kier molecular flexibility index (Phi) is 6.87. The van der Waals surface area contributed by atoms with Crippen molar-refractivity contribution in [3.63, 3.8) is 0 Å². The van der Waals surface area contributed by atoms with Crippen LogP contribution >= 0.6 is 0 Å². The molecule has 0 aliphatic carbocycles. The van der Waals surface area contributed by atoms with E-state index in [1.54, 1.807) is 48.2 Å². The molecule has 4 rings (SSSR count). The van der Waals surface area contributed by atoms with Gasteiger partial charge in [0, 0.05) is 49.9 Å². The Hall–Kier alpha value is -4.12. The summed E-state index contributed by atoms with van der Waals surface area (Å²) in [5.74, 6) is 1.14. The van der Waals surface area contributed by atoms with Gasteiger partial charge >= 0.3 is 12.1 Å². The van der Waals surface area contributed by atoms with Crippen molar-refractivity contribution in [2.24, 2.45) is 0 Å². The van der Waals surface area contributed by atoms with Crippen molar-refractivity contribution in [3.8, 4) is 11.5 Å². The third-order valence-corrected chi connectivity index (χ3v) is 5.89. The van der Waals surface area contributed by atoms with Crippen molar-refractivity contribution in [3.05, 3.63) is 48.8 Å². The minimum atomic E-state index is -1.07. The van der Waals surface area contributed by atoms with Crippen molar-refractivity contribution >= 4 is 34.8 Å². The second kappa shape index (κ2) is 10.0. The van der Waals surface area contributed by atoms with Gasteiger partial charge in [-0.3, -0.25) is 14.7 Å². The number of hydrogen-bond donors (Lipinski definition) is 4. The number of carbonyl (C=O) groups is 3. The summed E-state index contributed by atoms with van der Waals surface area (Å²) in [5.41, 5.74) is -0.177. The van der Waals surface area contributed by atoms with E-state index in [1.807, 2.05) is 0 Å². The van der Waals surface area contributed by atoms with Gasteiger partial charge in [-0.25, -0.2) is 14.6 Å². The van der Waals surface area contributed by atoms with Gasteiger partial charge < -0.3 is 25.2 Å². The summed E-state index contributed by atoms with van der Waals surface area (Å²) < 4.78 is 6.96. The number of pyridine rings is 1. The van der Waals surface area contributed by atoms with E-state index in [2.05, 4.69) is 15.6 Å². The van der Waals surface area contributed by atoms with E-state index >= 15 is 0 Å². The van der Waals surface area contributed by atoms with Crippen molar-refractivity contribution < 1.29 is 29.3 Å². The van der Waals surface area contributed by atoms with Gasteiger partial charge in [0.2, 0.25) is 5.91 Å². The normalized spacial score (nSPS) is 15.0. The molecule has 0 spiro atoms. The predicted molar refractivity (Wildman–Crippen MR) is 128 cm³/mol. The van der Waals surface area contributed by atoms with E-state index in [0.717, 1.165) is 4.57 Å². The highest BCUT2D eigenvalue weighted by atomic mass is 16.5. The summed E-state index contributed by atoms with van der Waals surface area (Å²) in [6, 6.07) is 9.39. The van der Waals surface area contributed by atoms with Crippen LogP contribution in [0.5, 0.6) is 11.5 Å². The Labute approximate surface area is 201 Å². The topological polar surface area (TPSA) is 146 Å². The van der Waals surface area contributed by atoms with Crippen molar-refractivity contribution in [1.82, 2.24) is 19.8 Å². The molecule has 1 saturated heterocycles. The molecule has 3 heterocycles. The first-order chi connectivity index (χ1) is 16.7. The number of nitrogens with one attached hydrogen (secondary N) is 2. The molecule has 4 N–H and O–H groups in total. The van der Waals surface area contributed by atoms with E-state index in [4.69, 9.17) is 4.74 Å². The average molecular weight is 482 g/mol. The maximum absolute atomic E-state index is 12.3. The number of urea groups is 1. The molecular weight excluding hydrogens is 454 g/mol. The standard InChI is InChI=1S/C24H27N5O6/c1-24(34)7-12-28(13-8-24)21(30)5-10-26-22(31)27-20-15-18(4-9-25-20)35-17-2-3-19-16(14-17)6-11-29(19)23(32)33/h2-4,6,9,11,14-15,34H,5,7-8,10,12-13H2,1H3,(H,32,33)(H2,25,26,27,31). The Morgan fingerprint density at radius 2 is 1.86 bits per heavy atom. The van der Waals surface area contributed by atoms with E-state index < -0.39 is 17.7 Å². The molecule has 0 radical (unpaired) electrons. The van der Waals surface area contributed by atoms with Gasteiger partial charge in [-0.2, -0.15) is 0 Å². The highest BCUT2D eigenvalue weighted by Crippen LogP contribution is 2.27. The van der Waals surface area contributed by atoms with Crippen LogP contribution in [0, 0.1) is 0 Å². The molecule has 0 atom stereocenters. The van der Waals surface area contributed by atoms with Crippen LogP contribution in [0.15, 0.2) is 48.8 Å². The van der Waals surface area contributed by atoms with Gasteiger partial charge in [0.05, 0.1) is 11.1 Å². The summed E-state index contributed by atoms with van der Waals surface area (Å²) in [5, 5.41) is 25.1. The molecule has 3 amide bonds. The third kappa shape index (κ3) is 6.07. The Balaban J connectivity index is 1.27. The summed E-state index contributed by atoms with van der Waals surface area (Å²) in [4.78, 5) is 41.5. The molecule has 1 aliphatic heterocycles. The molecule has 1 aromatic carbocycles. The van der Waals surface area contributed by atoms with Crippen LogP contribution in [0.1, 0.15) is 26.2 Å². The number of aliphatic hydroxyl groups is 1. The quantitative estimate of drug-likeness (QED) is 0.423. The van der Waals surface area contributed by atoms with Crippen LogP contribution in [0.3, 0.4) is 0 Å². The fraction of sp³-hybridized carbons (Fsp3) is 0.333. The largest absolute Gasteiger partial charge is 0.464 e. The number of benzene rings is 1. The number of nitrogens with zero attached hydrogens (tertiary/aromatic N) is 3. The molecule has 11 heteroatoms. The molecular formula is C24H27N5O6. The van der Waals surface area contributed by atoms with Crippen molar-refractivity contribution in [1.29, 1.82) is 0 Å². The minimum Gasteiger partial charge on any atom is -0.464 e. The fourth-order valence-electron chi connectivity index (χ4n) is 3.87. The summed E-state index contributed by atoms with van der Waals surface area (Å²) in [6.45, 7) is 2.95. The molecule has 1 fully saturated rings.